The molecule has 0 spiro atoms. The molecule has 1 aromatic heterocycles. The molecule has 1 aliphatic carbocycles. The van der Waals surface area contributed by atoms with Gasteiger partial charge < -0.3 is 20.1 Å². The predicted octanol–water partition coefficient (Wildman–Crippen LogP) is 4.02. The third-order valence-electron chi connectivity index (χ3n) is 6.41. The van der Waals surface area contributed by atoms with Gasteiger partial charge >= 0.3 is 0 Å². The van der Waals surface area contributed by atoms with E-state index in [2.05, 4.69) is 9.88 Å². The summed E-state index contributed by atoms with van der Waals surface area (Å²) in [4.78, 5) is 24.2. The van der Waals surface area contributed by atoms with Crippen LogP contribution in [0.2, 0.25) is 0 Å². The van der Waals surface area contributed by atoms with Gasteiger partial charge in [0.1, 0.15) is 11.6 Å². The highest BCUT2D eigenvalue weighted by molar-refractivity contribution is 5.91. The van der Waals surface area contributed by atoms with Gasteiger partial charge in [0.05, 0.1) is 19.7 Å². The first kappa shape index (κ1) is 22.4. The summed E-state index contributed by atoms with van der Waals surface area (Å²) in [5.41, 5.74) is 6.95. The van der Waals surface area contributed by atoms with Crippen LogP contribution in [-0.2, 0) is 4.79 Å². The number of ketones is 1. The Morgan fingerprint density at radius 3 is 2.20 bits per heavy atom. The molecule has 0 radical (unpaired) electrons. The molecule has 7 nitrogen and oxygen atoms in total. The maximum absolute atomic E-state index is 12.9. The number of methoxy groups -OCH3 is 2. The summed E-state index contributed by atoms with van der Waals surface area (Å²) in [6.07, 6.45) is 7.56. The maximum Gasteiger partial charge on any atom is 0.227 e. The van der Waals surface area contributed by atoms with Crippen molar-refractivity contribution in [3.8, 4) is 11.5 Å². The van der Waals surface area contributed by atoms with Gasteiger partial charge in [0.15, 0.2) is 11.5 Å². The lowest BCUT2D eigenvalue weighted by Gasteiger charge is -2.33. The Bertz CT molecular complexity index is 894. The van der Waals surface area contributed by atoms with E-state index in [9.17, 15) is 4.79 Å². The average Bonchev–Trinajstić information content (AvgIpc) is 2.78. The van der Waals surface area contributed by atoms with Crippen molar-refractivity contribution in [2.24, 2.45) is 11.8 Å². The summed E-state index contributed by atoms with van der Waals surface area (Å²) in [5, 5.41) is 0.744. The average molecular weight is 435 g/mol. The third-order valence-corrected chi connectivity index (χ3v) is 6.41. The Labute approximate surface area is 183 Å². The van der Waals surface area contributed by atoms with Crippen molar-refractivity contribution >= 4 is 40.9 Å². The molecule has 2 aliphatic rings. The number of carbonyl (C=O) groups excluding carboxylic acids is 1. The molecule has 0 unspecified atom stereocenters. The van der Waals surface area contributed by atoms with Gasteiger partial charge in [0, 0.05) is 36.4 Å². The first-order valence-corrected chi connectivity index (χ1v) is 10.6. The number of rotatable bonds is 5. The fourth-order valence-electron chi connectivity index (χ4n) is 4.69. The number of Topliss-reactive ketones (excluding diaryl/α,β-unsaturated/α-hetero) is 1. The van der Waals surface area contributed by atoms with Crippen LogP contribution >= 0.6 is 12.4 Å². The lowest BCUT2D eigenvalue weighted by atomic mass is 9.79. The first-order valence-electron chi connectivity index (χ1n) is 10.6. The summed E-state index contributed by atoms with van der Waals surface area (Å²) < 4.78 is 10.7. The molecule has 2 fully saturated rings. The molecule has 1 saturated heterocycles. The second-order valence-electron chi connectivity index (χ2n) is 8.13. The van der Waals surface area contributed by atoms with E-state index in [0.717, 1.165) is 49.7 Å². The Morgan fingerprint density at radius 1 is 0.967 bits per heavy atom. The summed E-state index contributed by atoms with van der Waals surface area (Å²) in [6, 6.07) is 3.64. The van der Waals surface area contributed by atoms with Gasteiger partial charge in [-0.1, -0.05) is 19.3 Å². The van der Waals surface area contributed by atoms with E-state index >= 15 is 0 Å². The SMILES string of the molecule is COc1cc2nc(N3CCC(C(=O)C4CCCCC4)CC3)nc(N)c2cc1OC.Cl. The number of nitrogens with zero attached hydrogens (tertiary/aromatic N) is 3. The Morgan fingerprint density at radius 2 is 1.57 bits per heavy atom. The molecule has 1 aliphatic heterocycles. The molecule has 0 amide bonds. The number of nitrogen functional groups attached to an aromatic ring is 1. The number of carbonyl (C=O) groups is 1. The largest absolute Gasteiger partial charge is 0.493 e. The van der Waals surface area contributed by atoms with E-state index in [1.54, 1.807) is 14.2 Å². The second kappa shape index (κ2) is 9.69. The Hall–Kier alpha value is -2.28. The van der Waals surface area contributed by atoms with Crippen molar-refractivity contribution in [2.45, 2.75) is 44.9 Å². The molecular weight excluding hydrogens is 404 g/mol. The lowest BCUT2D eigenvalue weighted by molar-refractivity contribution is -0.128. The minimum absolute atomic E-state index is 0. The lowest BCUT2D eigenvalue weighted by Crippen LogP contribution is -2.39. The molecule has 2 heterocycles. The van der Waals surface area contributed by atoms with Gasteiger partial charge in [-0.05, 0) is 31.7 Å². The number of piperidine rings is 1. The molecule has 1 aromatic carbocycles. The first-order chi connectivity index (χ1) is 14.1. The molecule has 30 heavy (non-hydrogen) atoms. The Kier molecular flexibility index (Phi) is 7.23. The number of benzene rings is 1. The second-order valence-corrected chi connectivity index (χ2v) is 8.13. The van der Waals surface area contributed by atoms with Crippen LogP contribution in [0.25, 0.3) is 10.9 Å². The van der Waals surface area contributed by atoms with Crippen LogP contribution in [0.4, 0.5) is 11.8 Å². The minimum atomic E-state index is 0. The van der Waals surface area contributed by atoms with Crippen LogP contribution in [0.5, 0.6) is 11.5 Å². The molecule has 4 rings (SSSR count). The fourth-order valence-corrected chi connectivity index (χ4v) is 4.69. The van der Waals surface area contributed by atoms with Crippen molar-refractivity contribution in [3.05, 3.63) is 12.1 Å². The zero-order valence-corrected chi connectivity index (χ0v) is 18.5. The number of hydrogen-bond donors (Lipinski definition) is 1. The zero-order valence-electron chi connectivity index (χ0n) is 17.7. The van der Waals surface area contributed by atoms with Crippen molar-refractivity contribution in [3.63, 3.8) is 0 Å². The van der Waals surface area contributed by atoms with Crippen LogP contribution in [0.15, 0.2) is 12.1 Å². The highest BCUT2D eigenvalue weighted by Gasteiger charge is 2.31. The van der Waals surface area contributed by atoms with Gasteiger partial charge in [0.25, 0.3) is 0 Å². The number of hydrogen-bond acceptors (Lipinski definition) is 7. The smallest absolute Gasteiger partial charge is 0.227 e. The zero-order chi connectivity index (χ0) is 20.4. The van der Waals surface area contributed by atoms with Crippen molar-refractivity contribution in [1.82, 2.24) is 9.97 Å². The van der Waals surface area contributed by atoms with Crippen LogP contribution < -0.4 is 20.1 Å². The number of fused-ring (bicyclic) bond motifs is 1. The maximum atomic E-state index is 12.9. The van der Waals surface area contributed by atoms with Crippen molar-refractivity contribution in [2.75, 3.05) is 37.9 Å². The minimum Gasteiger partial charge on any atom is -0.493 e. The third kappa shape index (κ3) is 4.41. The van der Waals surface area contributed by atoms with Crippen LogP contribution in [-0.4, -0.2) is 43.1 Å². The van der Waals surface area contributed by atoms with Gasteiger partial charge in [-0.3, -0.25) is 4.79 Å². The quantitative estimate of drug-likeness (QED) is 0.759. The molecular formula is C22H31ClN4O3. The number of anilines is 2. The molecule has 2 N–H and O–H groups in total. The topological polar surface area (TPSA) is 90.6 Å². The molecule has 2 aromatic rings. The standard InChI is InChI=1S/C22H30N4O3.ClH/c1-28-18-12-16-17(13-19(18)29-2)24-22(25-21(16)23)26-10-8-15(9-11-26)20(27)14-6-4-3-5-7-14;/h12-15H,3-11H2,1-2H3,(H2,23,24,25);1H. The monoisotopic (exact) mass is 434 g/mol. The summed E-state index contributed by atoms with van der Waals surface area (Å²) in [5.74, 6) is 3.20. The number of aromatic nitrogens is 2. The molecule has 1 saturated carbocycles. The van der Waals surface area contributed by atoms with Crippen LogP contribution in [0, 0.1) is 11.8 Å². The normalized spacial score (nSPS) is 18.1. The summed E-state index contributed by atoms with van der Waals surface area (Å²) >= 11 is 0. The molecule has 0 bridgehead atoms. The van der Waals surface area contributed by atoms with E-state index in [0.29, 0.717) is 29.0 Å². The molecule has 0 atom stereocenters. The summed E-state index contributed by atoms with van der Waals surface area (Å²) in [7, 11) is 3.19. The molecule has 164 valence electrons. The number of nitrogens with two attached hydrogens (primary N) is 1. The van der Waals surface area contributed by atoms with Gasteiger partial charge in [-0.15, -0.1) is 12.4 Å². The van der Waals surface area contributed by atoms with Crippen molar-refractivity contribution < 1.29 is 14.3 Å². The highest BCUT2D eigenvalue weighted by Crippen LogP contribution is 2.35. The Balaban J connectivity index is 0.00000256. The van der Waals surface area contributed by atoms with E-state index in [1.165, 1.54) is 19.3 Å². The number of halogens is 1. The van der Waals surface area contributed by atoms with E-state index in [-0.39, 0.29) is 24.2 Å². The van der Waals surface area contributed by atoms with Gasteiger partial charge in [0.2, 0.25) is 5.95 Å². The van der Waals surface area contributed by atoms with Crippen LogP contribution in [0.1, 0.15) is 44.9 Å². The highest BCUT2D eigenvalue weighted by atomic mass is 35.5. The van der Waals surface area contributed by atoms with E-state index in [1.807, 2.05) is 12.1 Å². The van der Waals surface area contributed by atoms with Gasteiger partial charge in [-0.2, -0.15) is 4.98 Å². The van der Waals surface area contributed by atoms with Crippen LogP contribution in [0.3, 0.4) is 0 Å². The van der Waals surface area contributed by atoms with E-state index in [4.69, 9.17) is 20.2 Å². The number of ether oxygens (including phenoxy) is 2. The predicted molar refractivity (Wildman–Crippen MR) is 121 cm³/mol. The summed E-state index contributed by atoms with van der Waals surface area (Å²) in [6.45, 7) is 1.56. The van der Waals surface area contributed by atoms with Crippen molar-refractivity contribution in [1.29, 1.82) is 0 Å². The van der Waals surface area contributed by atoms with Gasteiger partial charge in [-0.25, -0.2) is 4.98 Å². The van der Waals surface area contributed by atoms with E-state index < -0.39 is 0 Å². The fraction of sp³-hybridized carbons (Fsp3) is 0.591. The molecule has 8 heteroatoms.